The first-order valence-electron chi connectivity index (χ1n) is 7.15. The molecular weight excluding hydrogens is 395 g/mol. The Labute approximate surface area is 151 Å². The van der Waals surface area contributed by atoms with E-state index >= 15 is 0 Å². The Kier molecular flexibility index (Phi) is 4.40. The summed E-state index contributed by atoms with van der Waals surface area (Å²) in [4.78, 5) is 25.1. The summed E-state index contributed by atoms with van der Waals surface area (Å²) >= 11 is 4.16. The van der Waals surface area contributed by atoms with Gasteiger partial charge in [-0.2, -0.15) is 0 Å². The smallest absolute Gasteiger partial charge is 0.293 e. The van der Waals surface area contributed by atoms with Gasteiger partial charge in [0.2, 0.25) is 0 Å². The van der Waals surface area contributed by atoms with Gasteiger partial charge in [-0.3, -0.25) is 14.5 Å². The largest absolute Gasteiger partial charge is 0.315 e. The van der Waals surface area contributed by atoms with Crippen molar-refractivity contribution >= 4 is 44.9 Å². The molecule has 2 aromatic rings. The van der Waals surface area contributed by atoms with Crippen molar-refractivity contribution in [3.63, 3.8) is 0 Å². The molecule has 124 valence electrons. The lowest BCUT2D eigenvalue weighted by molar-refractivity contribution is -0.121. The van der Waals surface area contributed by atoms with Crippen molar-refractivity contribution in [2.24, 2.45) is 0 Å². The van der Waals surface area contributed by atoms with Gasteiger partial charge in [-0.25, -0.2) is 4.39 Å². The lowest BCUT2D eigenvalue weighted by atomic mass is 10.2. The first-order valence-corrected chi connectivity index (χ1v) is 8.76. The molecule has 1 aliphatic heterocycles. The van der Waals surface area contributed by atoms with E-state index in [-0.39, 0.29) is 17.0 Å². The number of amides is 2. The van der Waals surface area contributed by atoms with E-state index in [0.29, 0.717) is 15.1 Å². The van der Waals surface area contributed by atoms with Gasteiger partial charge in [0.05, 0.1) is 10.6 Å². The van der Waals surface area contributed by atoms with Crippen molar-refractivity contribution in [2.75, 3.05) is 7.05 Å². The highest BCUT2D eigenvalue weighted by Gasteiger charge is 2.32. The zero-order chi connectivity index (χ0) is 17.6. The second kappa shape index (κ2) is 6.22. The van der Waals surface area contributed by atoms with Crippen LogP contribution in [0.5, 0.6) is 0 Å². The van der Waals surface area contributed by atoms with E-state index in [1.807, 2.05) is 19.9 Å². The lowest BCUT2D eigenvalue weighted by Crippen LogP contribution is -2.22. The molecule has 1 aliphatic rings. The zero-order valence-corrected chi connectivity index (χ0v) is 15.7. The van der Waals surface area contributed by atoms with Gasteiger partial charge in [-0.15, -0.1) is 0 Å². The molecule has 0 spiro atoms. The number of likely N-dealkylation sites (N-methyl/N-ethyl adjacent to an activating group) is 1. The van der Waals surface area contributed by atoms with Gasteiger partial charge in [-0.05, 0) is 61.5 Å². The number of hydrogen-bond donors (Lipinski definition) is 0. The average Bonchev–Trinajstić information content (AvgIpc) is 2.92. The van der Waals surface area contributed by atoms with E-state index in [0.717, 1.165) is 33.6 Å². The quantitative estimate of drug-likeness (QED) is 0.678. The molecule has 0 aliphatic carbocycles. The molecule has 0 N–H and O–H groups in total. The normalized spacial score (nSPS) is 16.5. The van der Waals surface area contributed by atoms with Crippen molar-refractivity contribution in [3.05, 3.63) is 56.4 Å². The number of aryl methyl sites for hydroxylation is 1. The number of imide groups is 1. The molecular formula is C17H14BrFN2O2S. The van der Waals surface area contributed by atoms with Crippen LogP contribution in [0.15, 0.2) is 33.6 Å². The zero-order valence-electron chi connectivity index (χ0n) is 13.3. The Morgan fingerprint density at radius 2 is 1.92 bits per heavy atom. The summed E-state index contributed by atoms with van der Waals surface area (Å²) in [5.41, 5.74) is 2.87. The molecule has 1 fully saturated rings. The maximum atomic E-state index is 14.3. The molecule has 0 radical (unpaired) electrons. The first-order chi connectivity index (χ1) is 11.3. The highest BCUT2D eigenvalue weighted by atomic mass is 79.9. The number of rotatable bonds is 2. The Morgan fingerprint density at radius 3 is 2.50 bits per heavy atom. The summed E-state index contributed by atoms with van der Waals surface area (Å²) in [6.07, 6.45) is 1.68. The van der Waals surface area contributed by atoms with Gasteiger partial charge in [0.15, 0.2) is 0 Å². The van der Waals surface area contributed by atoms with E-state index < -0.39 is 0 Å². The number of carbonyl (C=O) groups is 2. The maximum absolute atomic E-state index is 14.3. The molecule has 3 rings (SSSR count). The molecule has 0 atom stereocenters. The Morgan fingerprint density at radius 1 is 1.21 bits per heavy atom. The van der Waals surface area contributed by atoms with Crippen LogP contribution in [0.1, 0.15) is 17.0 Å². The number of nitrogens with zero attached hydrogens (tertiary/aromatic N) is 2. The maximum Gasteiger partial charge on any atom is 0.293 e. The summed E-state index contributed by atoms with van der Waals surface area (Å²) in [6, 6.07) is 6.76. The highest BCUT2D eigenvalue weighted by molar-refractivity contribution is 9.10. The summed E-state index contributed by atoms with van der Waals surface area (Å²) in [6.45, 7) is 3.73. The number of hydrogen-bond acceptors (Lipinski definition) is 3. The van der Waals surface area contributed by atoms with Crippen molar-refractivity contribution in [1.82, 2.24) is 9.47 Å². The lowest BCUT2D eigenvalue weighted by Gasteiger charge is -2.11. The average molecular weight is 409 g/mol. The standard InChI is InChI=1S/C17H14BrFN2O2S/c1-9-6-11(7-15-16(22)20(3)17(23)24-15)10(2)21(9)14-5-4-12(18)8-13(14)19/h4-8H,1-3H3. The molecule has 4 nitrogen and oxygen atoms in total. The number of aromatic nitrogens is 1. The fourth-order valence-corrected chi connectivity index (χ4v) is 3.81. The monoisotopic (exact) mass is 408 g/mol. The number of thioether (sulfide) groups is 1. The van der Waals surface area contributed by atoms with Crippen molar-refractivity contribution in [1.29, 1.82) is 0 Å². The molecule has 2 amide bonds. The van der Waals surface area contributed by atoms with Crippen molar-refractivity contribution in [2.45, 2.75) is 13.8 Å². The third kappa shape index (κ3) is 2.82. The van der Waals surface area contributed by atoms with Gasteiger partial charge in [-0.1, -0.05) is 15.9 Å². The second-order valence-electron chi connectivity index (χ2n) is 5.50. The van der Waals surface area contributed by atoms with E-state index in [9.17, 15) is 14.0 Å². The van der Waals surface area contributed by atoms with Crippen molar-refractivity contribution < 1.29 is 14.0 Å². The molecule has 7 heteroatoms. The van der Waals surface area contributed by atoms with Crippen LogP contribution in [0.25, 0.3) is 11.8 Å². The SMILES string of the molecule is Cc1cc(C=C2SC(=O)N(C)C2=O)c(C)n1-c1ccc(Br)cc1F. The van der Waals surface area contributed by atoms with Crippen LogP contribution in [0.3, 0.4) is 0 Å². The minimum absolute atomic E-state index is 0.293. The van der Waals surface area contributed by atoms with Crippen LogP contribution in [-0.4, -0.2) is 27.7 Å². The Hall–Kier alpha value is -1.86. The van der Waals surface area contributed by atoms with Gasteiger partial charge >= 0.3 is 0 Å². The number of carbonyl (C=O) groups excluding carboxylic acids is 2. The fourth-order valence-electron chi connectivity index (χ4n) is 2.65. The minimum atomic E-state index is -0.341. The number of benzene rings is 1. The predicted octanol–water partition coefficient (Wildman–Crippen LogP) is 4.66. The highest BCUT2D eigenvalue weighted by Crippen LogP contribution is 2.33. The van der Waals surface area contributed by atoms with E-state index in [4.69, 9.17) is 0 Å². The molecule has 2 heterocycles. The van der Waals surface area contributed by atoms with Gasteiger partial charge in [0.25, 0.3) is 11.1 Å². The second-order valence-corrected chi connectivity index (χ2v) is 7.41. The molecule has 0 bridgehead atoms. The van der Waals surface area contributed by atoms with Gasteiger partial charge < -0.3 is 4.57 Å². The van der Waals surface area contributed by atoms with E-state index in [1.165, 1.54) is 13.1 Å². The van der Waals surface area contributed by atoms with Crippen LogP contribution in [0.4, 0.5) is 9.18 Å². The molecule has 1 aromatic heterocycles. The first kappa shape index (κ1) is 17.0. The summed E-state index contributed by atoms with van der Waals surface area (Å²) < 4.78 is 16.8. The summed E-state index contributed by atoms with van der Waals surface area (Å²) in [5.74, 6) is -0.656. The van der Waals surface area contributed by atoms with Crippen LogP contribution in [-0.2, 0) is 4.79 Å². The summed E-state index contributed by atoms with van der Waals surface area (Å²) in [5, 5.41) is -0.293. The molecule has 0 unspecified atom stereocenters. The fraction of sp³-hybridized carbons (Fsp3) is 0.176. The van der Waals surface area contributed by atoms with Crippen molar-refractivity contribution in [3.8, 4) is 5.69 Å². The van der Waals surface area contributed by atoms with Crippen LogP contribution < -0.4 is 0 Å². The third-order valence-electron chi connectivity index (χ3n) is 3.89. The molecule has 1 aromatic carbocycles. The summed E-state index contributed by atoms with van der Waals surface area (Å²) in [7, 11) is 1.46. The molecule has 1 saturated heterocycles. The molecule has 0 saturated carbocycles. The Bertz CT molecular complexity index is 904. The number of halogens is 2. The third-order valence-corrected chi connectivity index (χ3v) is 5.35. The van der Waals surface area contributed by atoms with Crippen LogP contribution in [0, 0.1) is 19.7 Å². The van der Waals surface area contributed by atoms with Gasteiger partial charge in [0.1, 0.15) is 5.82 Å². The predicted molar refractivity (Wildman–Crippen MR) is 96.6 cm³/mol. The minimum Gasteiger partial charge on any atom is -0.315 e. The van der Waals surface area contributed by atoms with E-state index in [2.05, 4.69) is 15.9 Å². The molecule has 24 heavy (non-hydrogen) atoms. The Balaban J connectivity index is 2.08. The topological polar surface area (TPSA) is 42.3 Å². The van der Waals surface area contributed by atoms with Gasteiger partial charge in [0, 0.05) is 22.9 Å². The van der Waals surface area contributed by atoms with Crippen LogP contribution in [0.2, 0.25) is 0 Å². The van der Waals surface area contributed by atoms with Crippen LogP contribution >= 0.6 is 27.7 Å². The van der Waals surface area contributed by atoms with E-state index in [1.54, 1.807) is 22.8 Å².